The molecule has 0 radical (unpaired) electrons. The highest BCUT2D eigenvalue weighted by atomic mass is 16.9. The molecule has 3 unspecified atom stereocenters. The van der Waals surface area contributed by atoms with Gasteiger partial charge in [-0.05, 0) is 86.1 Å². The van der Waals surface area contributed by atoms with Gasteiger partial charge in [0, 0.05) is 0 Å². The lowest BCUT2D eigenvalue weighted by Crippen LogP contribution is -2.36. The van der Waals surface area contributed by atoms with Gasteiger partial charge in [0.2, 0.25) is 0 Å². The minimum Gasteiger partial charge on any atom is -0.507 e. The van der Waals surface area contributed by atoms with Gasteiger partial charge in [-0.2, -0.15) is 0 Å². The first-order valence-electron chi connectivity index (χ1n) is 11.7. The second-order valence-electron chi connectivity index (χ2n) is 10.0. The van der Waals surface area contributed by atoms with Crippen LogP contribution in [0.5, 0.6) is 11.5 Å². The number of aromatic hydroxyl groups is 1. The molecule has 0 saturated carbocycles. The van der Waals surface area contributed by atoms with Gasteiger partial charge in [0.25, 0.3) is 5.09 Å². The van der Waals surface area contributed by atoms with Gasteiger partial charge >= 0.3 is 0 Å². The lowest BCUT2D eigenvalue weighted by atomic mass is 9.74. The average Bonchev–Trinajstić information content (AvgIpc) is 2.68. The number of hydrogen-bond donors (Lipinski definition) is 1. The summed E-state index contributed by atoms with van der Waals surface area (Å²) in [6.07, 6.45) is 6.83. The lowest BCUT2D eigenvalue weighted by molar-refractivity contribution is -0.757. The van der Waals surface area contributed by atoms with Gasteiger partial charge in [0.05, 0.1) is 12.2 Å². The molecular formula is C25H37NO5. The van der Waals surface area contributed by atoms with Crippen LogP contribution in [0, 0.1) is 22.0 Å². The second-order valence-corrected chi connectivity index (χ2v) is 10.0. The number of phenolic OH excluding ortho intramolecular Hbond substituents is 1. The van der Waals surface area contributed by atoms with E-state index in [2.05, 4.69) is 45.5 Å². The second kappa shape index (κ2) is 9.49. The summed E-state index contributed by atoms with van der Waals surface area (Å²) in [7, 11) is 0. The fourth-order valence-electron chi connectivity index (χ4n) is 5.10. The van der Waals surface area contributed by atoms with Gasteiger partial charge in [-0.3, -0.25) is 0 Å². The molecule has 172 valence electrons. The molecule has 1 aliphatic heterocycles. The first kappa shape index (κ1) is 23.4. The van der Waals surface area contributed by atoms with Crippen LogP contribution in [-0.2, 0) is 4.84 Å². The molecule has 1 heterocycles. The quantitative estimate of drug-likeness (QED) is 0.269. The summed E-state index contributed by atoms with van der Waals surface area (Å²) in [5, 5.41) is 20.5. The molecule has 1 N–H and O–H groups in total. The molecule has 3 atom stereocenters. The molecule has 3 rings (SSSR count). The highest BCUT2D eigenvalue weighted by Crippen LogP contribution is 2.52. The van der Waals surface area contributed by atoms with E-state index in [1.165, 1.54) is 17.6 Å². The smallest absolute Gasteiger partial charge is 0.294 e. The Kier molecular flexibility index (Phi) is 7.17. The van der Waals surface area contributed by atoms with E-state index >= 15 is 0 Å². The number of nitrogens with zero attached hydrogens (tertiary/aromatic N) is 1. The topological polar surface area (TPSA) is 81.8 Å². The third-order valence-electron chi connectivity index (χ3n) is 7.18. The zero-order valence-electron chi connectivity index (χ0n) is 19.6. The summed E-state index contributed by atoms with van der Waals surface area (Å²) in [4.78, 5) is 14.6. The number of phenols is 1. The summed E-state index contributed by atoms with van der Waals surface area (Å²) in [6, 6.07) is 4.06. The van der Waals surface area contributed by atoms with Gasteiger partial charge in [0.1, 0.15) is 17.1 Å². The largest absolute Gasteiger partial charge is 0.507 e. The van der Waals surface area contributed by atoms with E-state index in [9.17, 15) is 15.2 Å². The maximum atomic E-state index is 11.0. The fraction of sp³-hybridized carbons (Fsp3) is 0.680. The summed E-state index contributed by atoms with van der Waals surface area (Å²) in [5.41, 5.74) is 4.28. The Morgan fingerprint density at radius 3 is 2.74 bits per heavy atom. The molecule has 0 aromatic heterocycles. The van der Waals surface area contributed by atoms with Crippen molar-refractivity contribution in [2.75, 3.05) is 6.61 Å². The van der Waals surface area contributed by atoms with Crippen LogP contribution in [0.25, 0.3) is 5.57 Å². The average molecular weight is 432 g/mol. The van der Waals surface area contributed by atoms with Crippen LogP contribution in [0.2, 0.25) is 0 Å². The summed E-state index contributed by atoms with van der Waals surface area (Å²) < 4.78 is 6.43. The van der Waals surface area contributed by atoms with Crippen LogP contribution in [0.4, 0.5) is 0 Å². The number of hydrogen-bond acceptors (Lipinski definition) is 5. The van der Waals surface area contributed by atoms with Crippen LogP contribution in [0.15, 0.2) is 17.7 Å². The van der Waals surface area contributed by atoms with Crippen molar-refractivity contribution < 1.29 is 19.8 Å². The first-order chi connectivity index (χ1) is 14.6. The van der Waals surface area contributed by atoms with Gasteiger partial charge in [-0.25, -0.2) is 0 Å². The predicted molar refractivity (Wildman–Crippen MR) is 122 cm³/mol. The lowest BCUT2D eigenvalue weighted by Gasteiger charge is -2.41. The van der Waals surface area contributed by atoms with E-state index < -0.39 is 5.09 Å². The third-order valence-corrected chi connectivity index (χ3v) is 7.18. The van der Waals surface area contributed by atoms with Crippen LogP contribution in [-0.4, -0.2) is 22.4 Å². The Labute approximate surface area is 185 Å². The van der Waals surface area contributed by atoms with Crippen molar-refractivity contribution >= 4 is 5.57 Å². The molecule has 6 heteroatoms. The Morgan fingerprint density at radius 2 is 2.03 bits per heavy atom. The normalized spacial score (nSPS) is 21.5. The molecule has 1 aromatic carbocycles. The summed E-state index contributed by atoms with van der Waals surface area (Å²) in [5.74, 6) is 2.47. The van der Waals surface area contributed by atoms with Crippen LogP contribution < -0.4 is 4.74 Å². The van der Waals surface area contributed by atoms with E-state index in [0.717, 1.165) is 49.0 Å². The molecule has 0 spiro atoms. The Balaban J connectivity index is 1.71. The molecule has 0 fully saturated rings. The minimum atomic E-state index is -0.733. The number of allylic oxidation sites excluding steroid dienone is 1. The molecule has 1 aromatic rings. The van der Waals surface area contributed by atoms with Crippen molar-refractivity contribution in [1.29, 1.82) is 0 Å². The van der Waals surface area contributed by atoms with Crippen LogP contribution >= 0.6 is 0 Å². The number of unbranched alkanes of at least 4 members (excludes halogenated alkanes) is 2. The highest BCUT2D eigenvalue weighted by molar-refractivity contribution is 5.81. The van der Waals surface area contributed by atoms with Gasteiger partial charge < -0.3 is 14.7 Å². The SMILES string of the molecule is CC1CCC2=C(C1)c1c(O)cc(C(C)C(C)CCCCCO[N+](=O)[O-])cc1OC2(C)C. The standard InChI is InChI=1S/C25H37NO5/c1-16-10-11-21-20(13-16)24-22(27)14-19(15-23(24)31-25(21,4)5)18(3)17(2)9-7-6-8-12-30-26(28)29/h14-18,27H,6-13H2,1-5H3. The van der Waals surface area contributed by atoms with Gasteiger partial charge in [-0.1, -0.05) is 40.0 Å². The van der Waals surface area contributed by atoms with Crippen molar-refractivity contribution in [3.05, 3.63) is 38.9 Å². The fourth-order valence-corrected chi connectivity index (χ4v) is 5.10. The predicted octanol–water partition coefficient (Wildman–Crippen LogP) is 6.65. The molecule has 0 amide bonds. The third kappa shape index (κ3) is 5.34. The Bertz CT molecular complexity index is 845. The Morgan fingerprint density at radius 1 is 1.29 bits per heavy atom. The molecule has 6 nitrogen and oxygen atoms in total. The zero-order valence-corrected chi connectivity index (χ0v) is 19.6. The first-order valence-corrected chi connectivity index (χ1v) is 11.7. The minimum absolute atomic E-state index is 0.166. The summed E-state index contributed by atoms with van der Waals surface area (Å²) in [6.45, 7) is 11.1. The number of benzene rings is 1. The maximum absolute atomic E-state index is 11.0. The molecule has 31 heavy (non-hydrogen) atoms. The molecular weight excluding hydrogens is 394 g/mol. The van der Waals surface area contributed by atoms with E-state index in [-0.39, 0.29) is 18.1 Å². The molecule has 2 aliphatic rings. The van der Waals surface area contributed by atoms with Crippen molar-refractivity contribution in [2.45, 2.75) is 91.1 Å². The van der Waals surface area contributed by atoms with Crippen LogP contribution in [0.1, 0.15) is 96.6 Å². The van der Waals surface area contributed by atoms with Gasteiger partial charge in [0.15, 0.2) is 0 Å². The molecule has 0 bridgehead atoms. The van der Waals surface area contributed by atoms with E-state index in [4.69, 9.17) is 4.74 Å². The monoisotopic (exact) mass is 431 g/mol. The van der Waals surface area contributed by atoms with E-state index in [1.54, 1.807) is 0 Å². The number of rotatable bonds is 9. The maximum Gasteiger partial charge on any atom is 0.294 e. The highest BCUT2D eigenvalue weighted by Gasteiger charge is 2.38. The zero-order chi connectivity index (χ0) is 22.8. The van der Waals surface area contributed by atoms with E-state index in [0.29, 0.717) is 24.0 Å². The Hall–Kier alpha value is -2.24. The van der Waals surface area contributed by atoms with Gasteiger partial charge in [-0.15, -0.1) is 10.1 Å². The van der Waals surface area contributed by atoms with Crippen molar-refractivity contribution in [3.63, 3.8) is 0 Å². The molecule has 1 aliphatic carbocycles. The number of fused-ring (bicyclic) bond motifs is 2. The van der Waals surface area contributed by atoms with Crippen molar-refractivity contribution in [3.8, 4) is 11.5 Å². The summed E-state index contributed by atoms with van der Waals surface area (Å²) >= 11 is 0. The van der Waals surface area contributed by atoms with Crippen molar-refractivity contribution in [2.24, 2.45) is 11.8 Å². The van der Waals surface area contributed by atoms with Crippen molar-refractivity contribution in [1.82, 2.24) is 0 Å². The molecule has 0 saturated heterocycles. The van der Waals surface area contributed by atoms with E-state index in [1.807, 2.05) is 6.07 Å². The number of ether oxygens (including phenoxy) is 1. The van der Waals surface area contributed by atoms with Crippen LogP contribution in [0.3, 0.4) is 0 Å².